The van der Waals surface area contributed by atoms with E-state index in [4.69, 9.17) is 9.84 Å². The number of imide groups is 1. The summed E-state index contributed by atoms with van der Waals surface area (Å²) < 4.78 is 5.92. The maximum Gasteiger partial charge on any atom is 0.339 e. The molecule has 108 valence electrons. The standard InChI is InChI=1S/C12H13BrN2O5/c1-14-12(19)15-10(16)4-5-20-9-6-7(13)2-3-8(9)11(17)18/h2-3,6H,4-5H2,1H3,(H,17,18)(H2,14,15,16,19). The molecular formula is C12H13BrN2O5. The monoisotopic (exact) mass is 344 g/mol. The lowest BCUT2D eigenvalue weighted by atomic mass is 10.2. The third kappa shape index (κ3) is 4.88. The van der Waals surface area contributed by atoms with Gasteiger partial charge in [-0.3, -0.25) is 10.1 Å². The Labute approximate surface area is 123 Å². The van der Waals surface area contributed by atoms with E-state index in [1.165, 1.54) is 19.2 Å². The maximum atomic E-state index is 11.3. The van der Waals surface area contributed by atoms with E-state index in [1.807, 2.05) is 0 Å². The van der Waals surface area contributed by atoms with Crippen LogP contribution in [0.3, 0.4) is 0 Å². The predicted octanol–water partition coefficient (Wildman–Crippen LogP) is 1.37. The number of halogens is 1. The molecule has 0 aliphatic heterocycles. The number of aromatic carboxylic acids is 1. The Morgan fingerprint density at radius 2 is 2.05 bits per heavy atom. The summed E-state index contributed by atoms with van der Waals surface area (Å²) in [6, 6.07) is 3.87. The van der Waals surface area contributed by atoms with Crippen molar-refractivity contribution in [1.29, 1.82) is 0 Å². The Bertz CT molecular complexity index is 533. The molecular weight excluding hydrogens is 332 g/mol. The fourth-order valence-corrected chi connectivity index (χ4v) is 1.64. The Balaban J connectivity index is 2.57. The van der Waals surface area contributed by atoms with Gasteiger partial charge in [0.05, 0.1) is 13.0 Å². The summed E-state index contributed by atoms with van der Waals surface area (Å²) in [6.07, 6.45) is -0.0704. The molecule has 0 unspecified atom stereocenters. The summed E-state index contributed by atoms with van der Waals surface area (Å²) in [5, 5.41) is 13.3. The fraction of sp³-hybridized carbons (Fsp3) is 0.250. The zero-order valence-corrected chi connectivity index (χ0v) is 12.2. The highest BCUT2D eigenvalue weighted by atomic mass is 79.9. The smallest absolute Gasteiger partial charge is 0.339 e. The Morgan fingerprint density at radius 3 is 2.65 bits per heavy atom. The molecule has 0 heterocycles. The zero-order valence-electron chi connectivity index (χ0n) is 10.6. The van der Waals surface area contributed by atoms with Crippen molar-refractivity contribution in [3.8, 4) is 5.75 Å². The molecule has 8 heteroatoms. The first-order chi connectivity index (χ1) is 9.43. The largest absolute Gasteiger partial charge is 0.492 e. The van der Waals surface area contributed by atoms with Crippen molar-refractivity contribution in [2.75, 3.05) is 13.7 Å². The number of carbonyl (C=O) groups excluding carboxylic acids is 2. The number of carboxylic acids is 1. The highest BCUT2D eigenvalue weighted by Gasteiger charge is 2.12. The summed E-state index contributed by atoms with van der Waals surface area (Å²) in [5.41, 5.74) is -0.0000839. The van der Waals surface area contributed by atoms with E-state index in [9.17, 15) is 14.4 Å². The molecule has 0 aliphatic rings. The lowest BCUT2D eigenvalue weighted by Crippen LogP contribution is -2.37. The second-order valence-corrected chi connectivity index (χ2v) is 4.59. The summed E-state index contributed by atoms with van der Waals surface area (Å²) in [7, 11) is 1.39. The minimum absolute atomic E-state index is 0.0000839. The van der Waals surface area contributed by atoms with Gasteiger partial charge in [-0.1, -0.05) is 15.9 Å². The Kier molecular flexibility index (Phi) is 5.98. The molecule has 20 heavy (non-hydrogen) atoms. The van der Waals surface area contributed by atoms with E-state index < -0.39 is 17.9 Å². The molecule has 1 aromatic rings. The maximum absolute atomic E-state index is 11.3. The van der Waals surface area contributed by atoms with Crippen LogP contribution in [0.15, 0.2) is 22.7 Å². The van der Waals surface area contributed by atoms with E-state index in [2.05, 4.69) is 26.6 Å². The van der Waals surface area contributed by atoms with Crippen molar-refractivity contribution in [2.45, 2.75) is 6.42 Å². The lowest BCUT2D eigenvalue weighted by molar-refractivity contribution is -0.120. The number of carboxylic acid groups (broad SMARTS) is 1. The summed E-state index contributed by atoms with van der Waals surface area (Å²) >= 11 is 3.20. The Hall–Kier alpha value is -2.09. The number of hydrogen-bond acceptors (Lipinski definition) is 4. The van der Waals surface area contributed by atoms with E-state index in [-0.39, 0.29) is 24.3 Å². The average molecular weight is 345 g/mol. The van der Waals surface area contributed by atoms with Gasteiger partial charge in [-0.2, -0.15) is 0 Å². The van der Waals surface area contributed by atoms with Crippen LogP contribution in [-0.4, -0.2) is 36.7 Å². The molecule has 3 amide bonds. The number of hydrogen-bond donors (Lipinski definition) is 3. The van der Waals surface area contributed by atoms with Gasteiger partial charge in [-0.25, -0.2) is 9.59 Å². The lowest BCUT2D eigenvalue weighted by Gasteiger charge is -2.09. The highest BCUT2D eigenvalue weighted by Crippen LogP contribution is 2.23. The molecule has 0 aromatic heterocycles. The van der Waals surface area contributed by atoms with Gasteiger partial charge in [0.15, 0.2) is 0 Å². The molecule has 3 N–H and O–H groups in total. The SMILES string of the molecule is CNC(=O)NC(=O)CCOc1cc(Br)ccc1C(=O)O. The van der Waals surface area contributed by atoms with Gasteiger partial charge < -0.3 is 15.2 Å². The van der Waals surface area contributed by atoms with Gasteiger partial charge in [0.25, 0.3) is 0 Å². The van der Waals surface area contributed by atoms with E-state index in [0.29, 0.717) is 4.47 Å². The zero-order chi connectivity index (χ0) is 15.1. The molecule has 0 aliphatic carbocycles. The van der Waals surface area contributed by atoms with Gasteiger partial charge in [-0.05, 0) is 18.2 Å². The van der Waals surface area contributed by atoms with Crippen LogP contribution in [0.2, 0.25) is 0 Å². The molecule has 0 atom stereocenters. The molecule has 0 saturated heterocycles. The first kappa shape index (κ1) is 16.0. The predicted molar refractivity (Wildman–Crippen MR) is 73.8 cm³/mol. The van der Waals surface area contributed by atoms with Gasteiger partial charge >= 0.3 is 12.0 Å². The average Bonchev–Trinajstić information content (AvgIpc) is 2.38. The van der Waals surface area contributed by atoms with Crippen molar-refractivity contribution >= 4 is 33.8 Å². The number of amides is 3. The quantitative estimate of drug-likeness (QED) is 0.748. The van der Waals surface area contributed by atoms with Crippen LogP contribution in [0.5, 0.6) is 5.75 Å². The van der Waals surface area contributed by atoms with Gasteiger partial charge in [-0.15, -0.1) is 0 Å². The van der Waals surface area contributed by atoms with Crippen LogP contribution in [0.1, 0.15) is 16.8 Å². The van der Waals surface area contributed by atoms with Crippen LogP contribution in [0, 0.1) is 0 Å². The number of ether oxygens (including phenoxy) is 1. The summed E-state index contributed by atoms with van der Waals surface area (Å²) in [6.45, 7) is -0.0421. The van der Waals surface area contributed by atoms with E-state index in [0.717, 1.165) is 0 Å². The van der Waals surface area contributed by atoms with Crippen LogP contribution < -0.4 is 15.4 Å². The van der Waals surface area contributed by atoms with Gasteiger partial charge in [0.1, 0.15) is 11.3 Å². The van der Waals surface area contributed by atoms with Crippen molar-refractivity contribution < 1.29 is 24.2 Å². The van der Waals surface area contributed by atoms with Crippen molar-refractivity contribution in [3.05, 3.63) is 28.2 Å². The Morgan fingerprint density at radius 1 is 1.35 bits per heavy atom. The molecule has 0 radical (unpaired) electrons. The molecule has 0 bridgehead atoms. The molecule has 1 aromatic carbocycles. The summed E-state index contributed by atoms with van der Waals surface area (Å²) in [4.78, 5) is 33.2. The first-order valence-electron chi connectivity index (χ1n) is 5.61. The van der Waals surface area contributed by atoms with Gasteiger partial charge in [0, 0.05) is 11.5 Å². The summed E-state index contributed by atoms with van der Waals surface area (Å²) in [5.74, 6) is -1.49. The van der Waals surface area contributed by atoms with Crippen LogP contribution >= 0.6 is 15.9 Å². The van der Waals surface area contributed by atoms with Gasteiger partial charge in [0.2, 0.25) is 5.91 Å². The number of rotatable bonds is 5. The highest BCUT2D eigenvalue weighted by molar-refractivity contribution is 9.10. The number of nitrogens with one attached hydrogen (secondary N) is 2. The normalized spacial score (nSPS) is 9.70. The van der Waals surface area contributed by atoms with Crippen LogP contribution in [0.25, 0.3) is 0 Å². The third-order valence-electron chi connectivity index (χ3n) is 2.24. The molecule has 0 saturated carbocycles. The minimum atomic E-state index is -1.12. The number of urea groups is 1. The molecule has 0 fully saturated rings. The molecule has 0 spiro atoms. The number of benzene rings is 1. The first-order valence-corrected chi connectivity index (χ1v) is 6.40. The van der Waals surface area contributed by atoms with E-state index >= 15 is 0 Å². The van der Waals surface area contributed by atoms with Crippen molar-refractivity contribution in [3.63, 3.8) is 0 Å². The number of carbonyl (C=O) groups is 3. The van der Waals surface area contributed by atoms with Crippen LogP contribution in [-0.2, 0) is 4.79 Å². The molecule has 7 nitrogen and oxygen atoms in total. The third-order valence-corrected chi connectivity index (χ3v) is 2.73. The molecule has 1 rings (SSSR count). The van der Waals surface area contributed by atoms with E-state index in [1.54, 1.807) is 6.07 Å². The van der Waals surface area contributed by atoms with Crippen molar-refractivity contribution in [1.82, 2.24) is 10.6 Å². The topological polar surface area (TPSA) is 105 Å². The second-order valence-electron chi connectivity index (χ2n) is 3.67. The second kappa shape index (κ2) is 7.49. The van der Waals surface area contributed by atoms with Crippen molar-refractivity contribution in [2.24, 2.45) is 0 Å². The fourth-order valence-electron chi connectivity index (χ4n) is 1.30. The van der Waals surface area contributed by atoms with Crippen LogP contribution in [0.4, 0.5) is 4.79 Å². The minimum Gasteiger partial charge on any atom is -0.492 e.